The van der Waals surface area contributed by atoms with Crippen molar-refractivity contribution in [2.75, 3.05) is 89.2 Å². The minimum atomic E-state index is -0.384. The second-order valence-electron chi connectivity index (χ2n) is 17.6. The molecule has 386 valence electrons. The highest BCUT2D eigenvalue weighted by atomic mass is 32.2. The van der Waals surface area contributed by atoms with E-state index in [-0.39, 0.29) is 48.4 Å². The van der Waals surface area contributed by atoms with Gasteiger partial charge in [0.05, 0.1) is 67.8 Å². The fourth-order valence-corrected chi connectivity index (χ4v) is 9.69. The van der Waals surface area contributed by atoms with Crippen LogP contribution in [0.3, 0.4) is 0 Å². The number of unbranched alkanes of at least 4 members (excludes halogenated alkanes) is 1. The second-order valence-corrected chi connectivity index (χ2v) is 18.7. The van der Waals surface area contributed by atoms with Crippen molar-refractivity contribution in [2.24, 2.45) is 0 Å². The molecular formula is C51H71N9O10S. The molecule has 2 fully saturated rings. The first-order chi connectivity index (χ1) is 34.6. The van der Waals surface area contributed by atoms with Crippen LogP contribution in [-0.2, 0) is 52.7 Å². The predicted octanol–water partition coefficient (Wildman–Crippen LogP) is 4.34. The number of anilines is 1. The van der Waals surface area contributed by atoms with Crippen molar-refractivity contribution in [3.05, 3.63) is 65.5 Å². The predicted molar refractivity (Wildman–Crippen MR) is 273 cm³/mol. The summed E-state index contributed by atoms with van der Waals surface area (Å²) in [6, 6.07) is 8.33. The molecule has 7 amide bonds. The molecule has 1 aliphatic carbocycles. The molecule has 3 aliphatic heterocycles. The number of nitrogens with zero attached hydrogens (tertiary/aromatic N) is 1. The summed E-state index contributed by atoms with van der Waals surface area (Å²) in [6.07, 6.45) is 10.8. The highest BCUT2D eigenvalue weighted by molar-refractivity contribution is 7.99. The lowest BCUT2D eigenvalue weighted by Crippen LogP contribution is -2.32. The number of H-pyrrole nitrogens is 1. The second kappa shape index (κ2) is 29.4. The standard InChI is InChI=1S/C46H63N7O9.C5H8N2OS/c1-3-5-10-41(55)47-18-7-22-59-25-27-61-28-26-60-23-8-19-48-42(56)11-6-12-43(57)49-20-9-24-62-39-16-14-32(29-38(39)52-40(54)4-2)37-30-35-33(31-51-37)13-15-34-44-36(53-45(34)35)17-21-50-46(44)58;8-5-6-3-1-9-2-4(3)7-5/h4,14,16,29-31,53H,2-3,5-13,15,17-28H2,1H3,(H,47,55)(H,48,56)(H,49,57)(H,50,58)(H,52,54);3-4H,1-2H2,(H2,6,7,8). The summed E-state index contributed by atoms with van der Waals surface area (Å²) < 4.78 is 22.6. The molecule has 2 unspecified atom stereocenters. The molecular weight excluding hydrogens is 931 g/mol. The molecule has 5 heterocycles. The van der Waals surface area contributed by atoms with Gasteiger partial charge in [0.1, 0.15) is 5.75 Å². The number of aromatic nitrogens is 2. The van der Waals surface area contributed by atoms with Crippen LogP contribution in [0.2, 0.25) is 0 Å². The van der Waals surface area contributed by atoms with E-state index in [2.05, 4.69) is 55.7 Å². The van der Waals surface area contributed by atoms with E-state index in [1.807, 2.05) is 36.2 Å². The summed E-state index contributed by atoms with van der Waals surface area (Å²) in [5.74, 6) is 2.05. The Morgan fingerprint density at radius 2 is 1.39 bits per heavy atom. The van der Waals surface area contributed by atoms with E-state index in [1.165, 1.54) is 6.08 Å². The highest BCUT2D eigenvalue weighted by Crippen LogP contribution is 2.39. The van der Waals surface area contributed by atoms with Gasteiger partial charge in [-0.1, -0.05) is 19.9 Å². The van der Waals surface area contributed by atoms with E-state index in [9.17, 15) is 28.8 Å². The lowest BCUT2D eigenvalue weighted by atomic mass is 9.88. The molecule has 0 spiro atoms. The van der Waals surface area contributed by atoms with Crippen molar-refractivity contribution >= 4 is 53.0 Å². The van der Waals surface area contributed by atoms with Gasteiger partial charge in [-0.2, -0.15) is 11.8 Å². The van der Waals surface area contributed by atoms with Crippen LogP contribution in [0.1, 0.15) is 91.9 Å². The maximum Gasteiger partial charge on any atom is 0.315 e. The Morgan fingerprint density at radius 1 is 0.775 bits per heavy atom. The molecule has 4 aliphatic rings. The summed E-state index contributed by atoms with van der Waals surface area (Å²) in [6.45, 7) is 11.0. The number of fused-ring (bicyclic) bond motifs is 6. The zero-order chi connectivity index (χ0) is 50.2. The maximum absolute atomic E-state index is 12.7. The molecule has 0 saturated carbocycles. The van der Waals surface area contributed by atoms with Gasteiger partial charge < -0.3 is 61.1 Å². The zero-order valence-corrected chi connectivity index (χ0v) is 41.8. The molecule has 20 heteroatoms. The number of benzene rings is 1. The van der Waals surface area contributed by atoms with Gasteiger partial charge in [0.2, 0.25) is 23.6 Å². The van der Waals surface area contributed by atoms with Gasteiger partial charge in [0.15, 0.2) is 0 Å². The number of pyridine rings is 1. The number of ether oxygens (including phenoxy) is 4. The highest BCUT2D eigenvalue weighted by Gasteiger charge is 2.35. The van der Waals surface area contributed by atoms with E-state index in [0.29, 0.717) is 127 Å². The van der Waals surface area contributed by atoms with Gasteiger partial charge in [-0.15, -0.1) is 0 Å². The molecule has 8 N–H and O–H groups in total. The topological polar surface area (TPSA) is 252 Å². The zero-order valence-electron chi connectivity index (χ0n) is 40.9. The SMILES string of the molecule is C=CC(=O)Nc1cc(-c2cc3c(cn2)CCc2c-3[nH]c3c2C(=O)NCC3)ccc1OCCCNC(=O)CCCC(=O)NCCCOCCOCCOCCCNC(=O)CCCC.O=C1NC2CSCC2N1. The number of carbonyl (C=O) groups is 6. The molecule has 71 heavy (non-hydrogen) atoms. The van der Waals surface area contributed by atoms with Crippen LogP contribution < -0.4 is 42.0 Å². The van der Waals surface area contributed by atoms with Crippen molar-refractivity contribution in [1.82, 2.24) is 41.9 Å². The first-order valence-electron chi connectivity index (χ1n) is 25.0. The van der Waals surface area contributed by atoms with Gasteiger partial charge in [0.25, 0.3) is 5.91 Å². The number of amides is 7. The normalized spacial score (nSPS) is 16.1. The van der Waals surface area contributed by atoms with E-state index < -0.39 is 0 Å². The summed E-state index contributed by atoms with van der Waals surface area (Å²) in [5.41, 5.74) is 7.84. The number of aryl methyl sites for hydroxylation is 1. The molecule has 7 rings (SSSR count). The third-order valence-electron chi connectivity index (χ3n) is 12.2. The average molecular weight is 1000 g/mol. The van der Waals surface area contributed by atoms with E-state index in [1.54, 1.807) is 6.07 Å². The maximum atomic E-state index is 12.7. The van der Waals surface area contributed by atoms with Gasteiger partial charge in [0, 0.05) is 99.6 Å². The smallest absolute Gasteiger partial charge is 0.315 e. The third-order valence-corrected chi connectivity index (χ3v) is 13.4. The van der Waals surface area contributed by atoms with E-state index in [0.717, 1.165) is 89.2 Å². The molecule has 19 nitrogen and oxygen atoms in total. The third kappa shape index (κ3) is 17.4. The monoisotopic (exact) mass is 1000 g/mol. The lowest BCUT2D eigenvalue weighted by Gasteiger charge is -2.19. The van der Waals surface area contributed by atoms with Crippen molar-refractivity contribution in [3.8, 4) is 28.3 Å². The minimum absolute atomic E-state index is 0.00491. The quantitative estimate of drug-likeness (QED) is 0.0275. The van der Waals surface area contributed by atoms with Gasteiger partial charge >= 0.3 is 6.03 Å². The first kappa shape index (κ1) is 54.4. The van der Waals surface area contributed by atoms with Crippen LogP contribution in [0, 0.1) is 0 Å². The largest absolute Gasteiger partial charge is 0.491 e. The first-order valence-corrected chi connectivity index (χ1v) is 26.2. The van der Waals surface area contributed by atoms with Gasteiger partial charge in [-0.3, -0.25) is 29.0 Å². The molecule has 2 aromatic heterocycles. The Hall–Kier alpha value is -5.96. The fraction of sp³-hybridized carbons (Fsp3) is 0.549. The molecule has 0 radical (unpaired) electrons. The van der Waals surface area contributed by atoms with E-state index >= 15 is 0 Å². The number of hydrogen-bond donors (Lipinski definition) is 8. The summed E-state index contributed by atoms with van der Waals surface area (Å²) >= 11 is 1.89. The Kier molecular flexibility index (Phi) is 22.5. The Bertz CT molecular complexity index is 2280. The Balaban J connectivity index is 0.000000814. The summed E-state index contributed by atoms with van der Waals surface area (Å²) in [4.78, 5) is 80.1. The minimum Gasteiger partial charge on any atom is -0.491 e. The fourth-order valence-electron chi connectivity index (χ4n) is 8.41. The van der Waals surface area contributed by atoms with Gasteiger partial charge in [-0.05, 0) is 86.4 Å². The lowest BCUT2D eigenvalue weighted by molar-refractivity contribution is -0.123. The summed E-state index contributed by atoms with van der Waals surface area (Å²) in [7, 11) is 0. The van der Waals surface area contributed by atoms with Crippen LogP contribution in [0.25, 0.3) is 22.5 Å². The number of thioether (sulfide) groups is 1. The number of nitrogens with one attached hydrogen (secondary N) is 8. The number of hydrogen-bond acceptors (Lipinski definition) is 12. The van der Waals surface area contributed by atoms with Crippen molar-refractivity contribution < 1.29 is 47.7 Å². The van der Waals surface area contributed by atoms with Crippen molar-refractivity contribution in [3.63, 3.8) is 0 Å². The Labute approximate surface area is 420 Å². The number of rotatable bonds is 29. The van der Waals surface area contributed by atoms with Crippen molar-refractivity contribution in [2.45, 2.75) is 96.1 Å². The average Bonchev–Trinajstić information content (AvgIpc) is 4.09. The van der Waals surface area contributed by atoms with Crippen LogP contribution in [0.4, 0.5) is 10.5 Å². The molecule has 2 atom stereocenters. The number of carbonyl (C=O) groups excluding carboxylic acids is 6. The number of urea groups is 1. The van der Waals surface area contributed by atoms with Crippen LogP contribution in [-0.4, -0.2) is 142 Å². The molecule has 1 aromatic carbocycles. The van der Waals surface area contributed by atoms with Crippen LogP contribution >= 0.6 is 11.8 Å². The van der Waals surface area contributed by atoms with Crippen molar-refractivity contribution in [1.29, 1.82) is 0 Å². The summed E-state index contributed by atoms with van der Waals surface area (Å²) in [5, 5.41) is 20.1. The molecule has 2 saturated heterocycles. The number of aromatic amines is 1. The Morgan fingerprint density at radius 3 is 2.03 bits per heavy atom. The molecule has 3 aromatic rings. The van der Waals surface area contributed by atoms with E-state index in [4.69, 9.17) is 23.9 Å². The molecule has 0 bridgehead atoms. The van der Waals surface area contributed by atoms with Gasteiger partial charge in [-0.25, -0.2) is 4.79 Å². The van der Waals surface area contributed by atoms with Crippen LogP contribution in [0.5, 0.6) is 5.75 Å². The van der Waals surface area contributed by atoms with Crippen LogP contribution in [0.15, 0.2) is 43.1 Å².